The minimum atomic E-state index is -1.25. The summed E-state index contributed by atoms with van der Waals surface area (Å²) >= 11 is 3.29. The predicted molar refractivity (Wildman–Crippen MR) is 88.1 cm³/mol. The Morgan fingerprint density at radius 2 is 2.05 bits per heavy atom. The number of nitrogens with two attached hydrogens (primary N) is 1. The molecule has 0 fully saturated rings. The molecule has 0 saturated carbocycles. The summed E-state index contributed by atoms with van der Waals surface area (Å²) < 4.78 is 5.90. The number of methoxy groups -OCH3 is 1. The maximum absolute atomic E-state index is 12.3. The van der Waals surface area contributed by atoms with Crippen LogP contribution >= 0.6 is 15.9 Å². The topological polar surface area (TPSA) is 114 Å². The standard InChI is InChI=1S/C14H20BrN3O4/c1-7(2)4-10(17-14(20)21)13(19)18-12-9(16)5-8(15)6-11(12)22-3/h5-7,10,17H,4,16H2,1-3H3,(H,18,19)(H,20,21). The molecular weight excluding hydrogens is 354 g/mol. The molecule has 1 rings (SSSR count). The van der Waals surface area contributed by atoms with Gasteiger partial charge in [-0.1, -0.05) is 29.8 Å². The van der Waals surface area contributed by atoms with Crippen LogP contribution in [-0.2, 0) is 4.79 Å². The summed E-state index contributed by atoms with van der Waals surface area (Å²) in [5.41, 5.74) is 6.52. The number of hydrogen-bond acceptors (Lipinski definition) is 4. The Labute approximate surface area is 137 Å². The zero-order valence-electron chi connectivity index (χ0n) is 12.6. The van der Waals surface area contributed by atoms with Gasteiger partial charge < -0.3 is 26.2 Å². The van der Waals surface area contributed by atoms with E-state index in [0.717, 1.165) is 0 Å². The number of hydrogen-bond donors (Lipinski definition) is 4. The molecule has 1 aromatic carbocycles. The number of halogens is 1. The summed E-state index contributed by atoms with van der Waals surface area (Å²) in [6.07, 6.45) is -0.881. The zero-order valence-corrected chi connectivity index (χ0v) is 14.2. The van der Waals surface area contributed by atoms with Crippen LogP contribution in [0.5, 0.6) is 5.75 Å². The maximum atomic E-state index is 12.3. The third kappa shape index (κ3) is 5.10. The number of anilines is 2. The van der Waals surface area contributed by atoms with E-state index in [1.165, 1.54) is 7.11 Å². The number of amides is 2. The molecule has 0 aliphatic heterocycles. The minimum Gasteiger partial charge on any atom is -0.494 e. The highest BCUT2D eigenvalue weighted by atomic mass is 79.9. The van der Waals surface area contributed by atoms with E-state index in [2.05, 4.69) is 26.6 Å². The van der Waals surface area contributed by atoms with Crippen molar-refractivity contribution in [2.24, 2.45) is 5.92 Å². The van der Waals surface area contributed by atoms with E-state index in [1.54, 1.807) is 12.1 Å². The van der Waals surface area contributed by atoms with E-state index in [0.29, 0.717) is 28.0 Å². The van der Waals surface area contributed by atoms with Crippen LogP contribution in [0, 0.1) is 5.92 Å². The molecule has 1 unspecified atom stereocenters. The van der Waals surface area contributed by atoms with E-state index < -0.39 is 18.0 Å². The predicted octanol–water partition coefficient (Wildman–Crippen LogP) is 2.66. The molecule has 1 aromatic rings. The van der Waals surface area contributed by atoms with Gasteiger partial charge in [0.05, 0.1) is 12.8 Å². The van der Waals surface area contributed by atoms with Crippen LogP contribution in [0.2, 0.25) is 0 Å². The van der Waals surface area contributed by atoms with Crippen molar-refractivity contribution in [1.29, 1.82) is 0 Å². The van der Waals surface area contributed by atoms with Crippen molar-refractivity contribution in [3.05, 3.63) is 16.6 Å². The van der Waals surface area contributed by atoms with Crippen molar-refractivity contribution in [3.8, 4) is 5.75 Å². The summed E-state index contributed by atoms with van der Waals surface area (Å²) in [5, 5.41) is 13.7. The number of benzene rings is 1. The Morgan fingerprint density at radius 1 is 1.41 bits per heavy atom. The van der Waals surface area contributed by atoms with Gasteiger partial charge >= 0.3 is 6.09 Å². The SMILES string of the molecule is COc1cc(Br)cc(N)c1NC(=O)C(CC(C)C)NC(=O)O. The molecule has 5 N–H and O–H groups in total. The molecule has 2 amide bonds. The lowest BCUT2D eigenvalue weighted by atomic mass is 10.0. The second kappa shape index (κ2) is 7.88. The summed E-state index contributed by atoms with van der Waals surface area (Å²) in [4.78, 5) is 23.2. The third-order valence-corrected chi connectivity index (χ3v) is 3.34. The highest BCUT2D eigenvalue weighted by Crippen LogP contribution is 2.34. The van der Waals surface area contributed by atoms with Gasteiger partial charge in [-0.15, -0.1) is 0 Å². The molecule has 0 aliphatic carbocycles. The van der Waals surface area contributed by atoms with Gasteiger partial charge in [-0.3, -0.25) is 4.79 Å². The molecule has 0 aliphatic rings. The summed E-state index contributed by atoms with van der Waals surface area (Å²) in [5.74, 6) is 0.0500. The van der Waals surface area contributed by atoms with E-state index in [4.69, 9.17) is 15.6 Å². The number of carbonyl (C=O) groups is 2. The molecule has 22 heavy (non-hydrogen) atoms. The van der Waals surface area contributed by atoms with E-state index in [-0.39, 0.29) is 5.92 Å². The second-order valence-corrected chi connectivity index (χ2v) is 6.11. The average Bonchev–Trinajstić information content (AvgIpc) is 2.39. The quantitative estimate of drug-likeness (QED) is 0.572. The largest absolute Gasteiger partial charge is 0.494 e. The summed E-state index contributed by atoms with van der Waals surface area (Å²) in [7, 11) is 1.46. The minimum absolute atomic E-state index is 0.145. The molecule has 0 aromatic heterocycles. The maximum Gasteiger partial charge on any atom is 0.405 e. The monoisotopic (exact) mass is 373 g/mol. The first-order chi connectivity index (χ1) is 10.2. The van der Waals surface area contributed by atoms with Crippen LogP contribution in [0.15, 0.2) is 16.6 Å². The highest BCUT2D eigenvalue weighted by molar-refractivity contribution is 9.10. The van der Waals surface area contributed by atoms with Crippen molar-refractivity contribution in [3.63, 3.8) is 0 Å². The molecule has 0 saturated heterocycles. The number of carboxylic acid groups (broad SMARTS) is 1. The van der Waals surface area contributed by atoms with Crippen LogP contribution in [0.4, 0.5) is 16.2 Å². The van der Waals surface area contributed by atoms with Crippen molar-refractivity contribution < 1.29 is 19.4 Å². The van der Waals surface area contributed by atoms with Crippen LogP contribution in [0.25, 0.3) is 0 Å². The summed E-state index contributed by atoms with van der Waals surface area (Å²) in [6.45, 7) is 3.80. The van der Waals surface area contributed by atoms with Crippen molar-refractivity contribution in [2.75, 3.05) is 18.2 Å². The van der Waals surface area contributed by atoms with E-state index >= 15 is 0 Å². The van der Waals surface area contributed by atoms with Gasteiger partial charge in [0, 0.05) is 4.47 Å². The van der Waals surface area contributed by atoms with E-state index in [1.807, 2.05) is 13.8 Å². The van der Waals surface area contributed by atoms with Crippen LogP contribution in [-0.4, -0.2) is 30.3 Å². The van der Waals surface area contributed by atoms with Crippen molar-refractivity contribution in [2.45, 2.75) is 26.3 Å². The molecule has 7 nitrogen and oxygen atoms in total. The van der Waals surface area contributed by atoms with Gasteiger partial charge in [0.25, 0.3) is 0 Å². The summed E-state index contributed by atoms with van der Waals surface area (Å²) in [6, 6.07) is 2.42. The molecule has 1 atom stereocenters. The van der Waals surface area contributed by atoms with Crippen LogP contribution < -0.4 is 21.1 Å². The third-order valence-electron chi connectivity index (χ3n) is 2.89. The van der Waals surface area contributed by atoms with Gasteiger partial charge in [0.2, 0.25) is 5.91 Å². The van der Waals surface area contributed by atoms with Gasteiger partial charge in [-0.2, -0.15) is 0 Å². The number of nitrogens with one attached hydrogen (secondary N) is 2. The van der Waals surface area contributed by atoms with Crippen LogP contribution in [0.3, 0.4) is 0 Å². The van der Waals surface area contributed by atoms with Crippen molar-refractivity contribution >= 4 is 39.3 Å². The lowest BCUT2D eigenvalue weighted by Crippen LogP contribution is -2.44. The second-order valence-electron chi connectivity index (χ2n) is 5.19. The zero-order chi connectivity index (χ0) is 16.9. The Bertz CT molecular complexity index is 563. The normalized spacial score (nSPS) is 11.9. The number of rotatable bonds is 6. The van der Waals surface area contributed by atoms with Gasteiger partial charge in [-0.05, 0) is 24.5 Å². The average molecular weight is 374 g/mol. The lowest BCUT2D eigenvalue weighted by molar-refractivity contribution is -0.118. The molecule has 0 bridgehead atoms. The fourth-order valence-corrected chi connectivity index (χ4v) is 2.41. The lowest BCUT2D eigenvalue weighted by Gasteiger charge is -2.20. The van der Waals surface area contributed by atoms with Crippen LogP contribution in [0.1, 0.15) is 20.3 Å². The highest BCUT2D eigenvalue weighted by Gasteiger charge is 2.23. The number of carbonyl (C=O) groups excluding carboxylic acids is 1. The fraction of sp³-hybridized carbons (Fsp3) is 0.429. The first kappa shape index (κ1) is 18.1. The first-order valence-electron chi connectivity index (χ1n) is 6.68. The molecule has 8 heteroatoms. The molecular formula is C14H20BrN3O4. The van der Waals surface area contributed by atoms with Gasteiger partial charge in [-0.25, -0.2) is 4.79 Å². The first-order valence-corrected chi connectivity index (χ1v) is 7.47. The fourth-order valence-electron chi connectivity index (χ4n) is 1.96. The van der Waals surface area contributed by atoms with Gasteiger partial charge in [0.1, 0.15) is 17.5 Å². The molecule has 0 heterocycles. The Balaban J connectivity index is 3.00. The molecule has 0 spiro atoms. The van der Waals surface area contributed by atoms with Gasteiger partial charge in [0.15, 0.2) is 0 Å². The Hall–Kier alpha value is -1.96. The Kier molecular flexibility index (Phi) is 6.48. The van der Waals surface area contributed by atoms with E-state index in [9.17, 15) is 9.59 Å². The smallest absolute Gasteiger partial charge is 0.405 e. The molecule has 0 radical (unpaired) electrons. The molecule has 122 valence electrons. The Morgan fingerprint density at radius 3 is 2.55 bits per heavy atom. The van der Waals surface area contributed by atoms with Crippen molar-refractivity contribution in [1.82, 2.24) is 5.32 Å². The number of ether oxygens (including phenoxy) is 1. The number of nitrogen functional groups attached to an aromatic ring is 1.